The van der Waals surface area contributed by atoms with Crippen LogP contribution in [-0.2, 0) is 68.3 Å². The number of aliphatic hydroxyl groups is 1. The highest BCUT2D eigenvalue weighted by Gasteiger charge is 2.60. The molecule has 8 bridgehead atoms. The predicted octanol–water partition coefficient (Wildman–Crippen LogP) is 4.58. The first kappa shape index (κ1) is 68.0. The number of nitrogens with one attached hydrogen (secondary N) is 4. The van der Waals surface area contributed by atoms with Crippen molar-refractivity contribution in [2.24, 2.45) is 53.3 Å². The number of aliphatic hydroxyl groups excluding tert-OH is 1. The van der Waals surface area contributed by atoms with Crippen LogP contribution in [0, 0.1) is 53.3 Å². The molecule has 0 radical (unpaired) electrons. The van der Waals surface area contributed by atoms with E-state index in [1.54, 1.807) is 21.3 Å². The summed E-state index contributed by atoms with van der Waals surface area (Å²) in [5.74, 6) is 1.90. The lowest BCUT2D eigenvalue weighted by Gasteiger charge is -2.32. The summed E-state index contributed by atoms with van der Waals surface area (Å²) >= 11 is 4.30. The number of benzene rings is 1. The first-order chi connectivity index (χ1) is 40.3. The molecule has 0 amide bonds. The van der Waals surface area contributed by atoms with E-state index in [9.17, 15) is 9.90 Å². The van der Waals surface area contributed by atoms with Crippen LogP contribution in [0.2, 0.25) is 0 Å². The molecule has 17 unspecified atom stereocenters. The van der Waals surface area contributed by atoms with Gasteiger partial charge in [-0.3, -0.25) is 9.59 Å². The number of fused-ring (bicyclic) bond motifs is 8. The smallest absolute Gasteiger partial charge is 0.311 e. The Labute approximate surface area is 502 Å². The van der Waals surface area contributed by atoms with E-state index in [1.165, 1.54) is 7.11 Å². The average molecular weight is 1240 g/mol. The maximum Gasteiger partial charge on any atom is 0.311 e. The van der Waals surface area contributed by atoms with Gasteiger partial charge in [-0.2, -0.15) is 0 Å². The first-order valence-electron chi connectivity index (χ1n) is 30.9. The Hall–Kier alpha value is -2.52. The molecule has 5 N–H and O–H groups in total. The molecule has 476 valence electrons. The second-order valence-corrected chi connectivity index (χ2v) is 24.8. The number of halogens is 1. The lowest BCUT2D eigenvalue weighted by molar-refractivity contribution is -0.151. The summed E-state index contributed by atoms with van der Waals surface area (Å²) in [6.45, 7) is 18.2. The van der Waals surface area contributed by atoms with Crippen molar-refractivity contribution in [3.8, 4) is 17.2 Å². The number of methoxy groups -OCH3 is 4. The Morgan fingerprint density at radius 1 is 0.542 bits per heavy atom. The highest BCUT2D eigenvalue weighted by Crippen LogP contribution is 2.51. The van der Waals surface area contributed by atoms with Crippen LogP contribution in [0.3, 0.4) is 0 Å². The minimum Gasteiger partial charge on any atom is -0.487 e. The molecule has 5 aliphatic heterocycles. The van der Waals surface area contributed by atoms with Crippen molar-refractivity contribution in [1.82, 2.24) is 21.3 Å². The molecule has 1 saturated carbocycles. The van der Waals surface area contributed by atoms with Crippen LogP contribution < -0.4 is 35.5 Å². The number of hydrogen-bond donors (Lipinski definition) is 5. The minimum absolute atomic E-state index is 0.0117. The van der Waals surface area contributed by atoms with Crippen LogP contribution in [0.4, 0.5) is 0 Å². The van der Waals surface area contributed by atoms with Gasteiger partial charge in [0.1, 0.15) is 26.4 Å². The Morgan fingerprint density at radius 3 is 1.58 bits per heavy atom. The second-order valence-electron chi connectivity index (χ2n) is 23.7. The standard InChI is InChI=1S/C61H103BrN4O17/c1-10-42-37(2)45-35-48-53(40(5)57(65-48)55(62)56-38(3)43(11-12-52(68)73-9)58(66-56)44-33-49(67)54-39(4)46(64-59(44)54)34-47(42)63-45)61(69)83-36-41-31-50(80-28-25-77-22-19-74-16-13-70-6)60(82-30-27-79-24-21-76-18-15-72-8)51(32-41)81-29-26-78-23-20-75-17-14-71-7/h31-32,37-40,42-49,53-59,63-67H,10-30,33-36H2,1-9H3/t37?,38-,39?,40?,42?,43-,44?,45?,46?,47?,48?,49?,53?,54?,55?,56?,57?,58?,59?/m0/s1. The number of rotatable bonds is 37. The lowest BCUT2D eigenvalue weighted by Crippen LogP contribution is -2.52. The number of carbonyl (C=O) groups is 2. The molecule has 6 fully saturated rings. The topological polar surface area (TPSA) is 232 Å². The highest BCUT2D eigenvalue weighted by atomic mass is 79.9. The fraction of sp³-hybridized carbons (Fsp3) is 0.869. The molecule has 21 nitrogen and oxygen atoms in total. The van der Waals surface area contributed by atoms with Crippen molar-refractivity contribution in [3.05, 3.63) is 17.7 Å². The van der Waals surface area contributed by atoms with Crippen LogP contribution in [-0.4, -0.2) is 224 Å². The summed E-state index contributed by atoms with van der Waals surface area (Å²) in [7, 11) is 6.36. The highest BCUT2D eigenvalue weighted by molar-refractivity contribution is 9.09. The molecule has 5 saturated heterocycles. The number of hydrogen-bond acceptors (Lipinski definition) is 21. The Balaban J connectivity index is 1.13. The van der Waals surface area contributed by atoms with Gasteiger partial charge in [-0.15, -0.1) is 0 Å². The fourth-order valence-electron chi connectivity index (χ4n) is 14.7. The number of ether oxygens (including phenoxy) is 14. The van der Waals surface area contributed by atoms with Gasteiger partial charge < -0.3 is 92.7 Å². The van der Waals surface area contributed by atoms with E-state index in [1.807, 2.05) is 12.1 Å². The molecular weight excluding hydrogens is 1140 g/mol. The molecule has 1 aromatic rings. The van der Waals surface area contributed by atoms with E-state index in [0.29, 0.717) is 139 Å². The zero-order chi connectivity index (χ0) is 59.3. The van der Waals surface area contributed by atoms with Gasteiger partial charge in [0.25, 0.3) is 0 Å². The van der Waals surface area contributed by atoms with Gasteiger partial charge in [-0.25, -0.2) is 0 Å². The SMILES string of the molecule is CCC1C2CC3NC4C(CC(O)C4C3C)C3NC(C(Br)C4NC(CC(N2)C1C)C(C(=O)OCc1cc(OCCOCCOCCOC)c(OCCOCCOCCOC)c(OCCOCCOCCOC)c1)C4C)[C@@H](C)[C@@H]3CCC(=O)OC. The monoisotopic (exact) mass is 1240 g/mol. The summed E-state index contributed by atoms with van der Waals surface area (Å²) in [6, 6.07) is 4.34. The molecule has 1 aromatic carbocycles. The van der Waals surface area contributed by atoms with Gasteiger partial charge in [-0.1, -0.05) is 57.0 Å². The largest absolute Gasteiger partial charge is 0.487 e. The zero-order valence-corrected chi connectivity index (χ0v) is 52.7. The Kier molecular flexibility index (Phi) is 29.0. The van der Waals surface area contributed by atoms with Gasteiger partial charge in [0.15, 0.2) is 11.5 Å². The van der Waals surface area contributed by atoms with Crippen molar-refractivity contribution < 1.29 is 81.0 Å². The molecule has 6 aliphatic rings. The molecule has 7 rings (SSSR count). The summed E-state index contributed by atoms with van der Waals surface area (Å²) in [5, 5.41) is 28.4. The van der Waals surface area contributed by atoms with Crippen LogP contribution in [0.1, 0.15) is 78.7 Å². The second kappa shape index (κ2) is 35.5. The average Bonchev–Trinajstić information content (AvgIpc) is 3.55. The first-order valence-corrected chi connectivity index (χ1v) is 31.8. The van der Waals surface area contributed by atoms with Gasteiger partial charge in [-0.05, 0) is 84.8 Å². The van der Waals surface area contributed by atoms with E-state index in [2.05, 4.69) is 71.8 Å². The maximum absolute atomic E-state index is 15.2. The molecule has 0 spiro atoms. The van der Waals surface area contributed by atoms with Crippen molar-refractivity contribution in [1.29, 1.82) is 0 Å². The third-order valence-electron chi connectivity index (χ3n) is 18.9. The quantitative estimate of drug-likeness (QED) is 0.0349. The zero-order valence-electron chi connectivity index (χ0n) is 51.2. The van der Waals surface area contributed by atoms with E-state index < -0.39 is 12.0 Å². The van der Waals surface area contributed by atoms with Crippen LogP contribution >= 0.6 is 15.9 Å². The molecule has 0 aromatic heterocycles. The molecule has 22 heteroatoms. The minimum atomic E-state index is -0.472. The Morgan fingerprint density at radius 2 is 1.04 bits per heavy atom. The number of esters is 2. The van der Waals surface area contributed by atoms with Gasteiger partial charge in [0.05, 0.1) is 118 Å². The van der Waals surface area contributed by atoms with Crippen molar-refractivity contribution in [2.45, 2.75) is 139 Å². The van der Waals surface area contributed by atoms with Crippen LogP contribution in [0.25, 0.3) is 0 Å². The van der Waals surface area contributed by atoms with Gasteiger partial charge in [0, 0.05) is 86.8 Å². The van der Waals surface area contributed by atoms with Crippen LogP contribution in [0.5, 0.6) is 17.2 Å². The van der Waals surface area contributed by atoms with E-state index in [0.717, 1.165) is 19.3 Å². The normalized spacial score (nSPS) is 33.7. The van der Waals surface area contributed by atoms with Gasteiger partial charge >= 0.3 is 11.9 Å². The molecule has 5 heterocycles. The van der Waals surface area contributed by atoms with Crippen molar-refractivity contribution >= 4 is 27.9 Å². The third-order valence-corrected chi connectivity index (χ3v) is 20.1. The molecule has 1 aliphatic carbocycles. The summed E-state index contributed by atoms with van der Waals surface area (Å²) < 4.78 is 80.4. The third kappa shape index (κ3) is 18.5. The summed E-state index contributed by atoms with van der Waals surface area (Å²) in [4.78, 5) is 27.9. The lowest BCUT2D eigenvalue weighted by atomic mass is 9.76. The predicted molar refractivity (Wildman–Crippen MR) is 314 cm³/mol. The van der Waals surface area contributed by atoms with Gasteiger partial charge in [0.2, 0.25) is 5.75 Å². The van der Waals surface area contributed by atoms with E-state index >= 15 is 4.79 Å². The number of alkyl halides is 1. The van der Waals surface area contributed by atoms with E-state index in [4.69, 9.17) is 66.3 Å². The van der Waals surface area contributed by atoms with Crippen molar-refractivity contribution in [3.63, 3.8) is 0 Å². The fourth-order valence-corrected chi connectivity index (χ4v) is 15.9. The molecule has 19 atom stereocenters. The summed E-state index contributed by atoms with van der Waals surface area (Å²) in [6.07, 6.45) is 4.09. The summed E-state index contributed by atoms with van der Waals surface area (Å²) in [5.41, 5.74) is 0.653. The van der Waals surface area contributed by atoms with Crippen molar-refractivity contribution in [2.75, 3.05) is 147 Å². The van der Waals surface area contributed by atoms with Crippen LogP contribution in [0.15, 0.2) is 12.1 Å². The number of carbonyl (C=O) groups excluding carboxylic acids is 2. The molecular formula is C61H103BrN4O17. The van der Waals surface area contributed by atoms with E-state index in [-0.39, 0.29) is 141 Å². The Bertz CT molecular complexity index is 2010. The maximum atomic E-state index is 15.2. The molecule has 83 heavy (non-hydrogen) atoms.